The molecule has 2 N–H and O–H groups in total. The molecule has 2 unspecified atom stereocenters. The highest BCUT2D eigenvalue weighted by molar-refractivity contribution is 8.14. The number of nitrogens with one attached hydrogen (secondary N) is 2. The summed E-state index contributed by atoms with van der Waals surface area (Å²) in [5, 5.41) is 6.25. The average molecular weight is 332 g/mol. The van der Waals surface area contributed by atoms with Crippen molar-refractivity contribution in [2.75, 3.05) is 18.8 Å². The van der Waals surface area contributed by atoms with Crippen LogP contribution in [0.4, 0.5) is 4.79 Å². The molecule has 2 aliphatic heterocycles. The van der Waals surface area contributed by atoms with Gasteiger partial charge < -0.3 is 10.2 Å². The average Bonchev–Trinajstić information content (AvgIpc) is 3.17. The molecule has 6 nitrogen and oxygen atoms in total. The molecule has 1 fully saturated rings. The van der Waals surface area contributed by atoms with Crippen molar-refractivity contribution < 1.29 is 9.59 Å². The normalized spacial score (nSPS) is 22.0. The summed E-state index contributed by atoms with van der Waals surface area (Å²) in [7, 11) is 0. The maximum Gasteiger partial charge on any atom is 0.321 e. The quantitative estimate of drug-likeness (QED) is 0.886. The summed E-state index contributed by atoms with van der Waals surface area (Å²) >= 11 is 1.53. The number of carbonyl (C=O) groups is 2. The number of benzene rings is 1. The van der Waals surface area contributed by atoms with Gasteiger partial charge in [-0.3, -0.25) is 15.1 Å². The molecule has 2 atom stereocenters. The molecule has 2 heterocycles. The predicted octanol–water partition coefficient (Wildman–Crippen LogP) is 1.75. The van der Waals surface area contributed by atoms with Gasteiger partial charge in [0.25, 0.3) is 0 Å². The lowest BCUT2D eigenvalue weighted by atomic mass is 10.1. The van der Waals surface area contributed by atoms with Crippen molar-refractivity contribution in [1.82, 2.24) is 15.5 Å². The molecule has 0 aliphatic carbocycles. The molecular weight excluding hydrogens is 312 g/mol. The zero-order valence-corrected chi connectivity index (χ0v) is 13.8. The molecule has 1 aromatic carbocycles. The van der Waals surface area contributed by atoms with Gasteiger partial charge in [0.1, 0.15) is 0 Å². The molecule has 1 saturated heterocycles. The van der Waals surface area contributed by atoms with Crippen LogP contribution in [0.2, 0.25) is 0 Å². The van der Waals surface area contributed by atoms with Crippen molar-refractivity contribution in [2.24, 2.45) is 4.99 Å². The van der Waals surface area contributed by atoms with E-state index in [1.807, 2.05) is 42.2 Å². The summed E-state index contributed by atoms with van der Waals surface area (Å²) in [5.41, 5.74) is 1.10. The Hall–Kier alpha value is -2.02. The Morgan fingerprint density at radius 3 is 2.87 bits per heavy atom. The van der Waals surface area contributed by atoms with E-state index in [9.17, 15) is 9.59 Å². The predicted molar refractivity (Wildman–Crippen MR) is 91.4 cm³/mol. The summed E-state index contributed by atoms with van der Waals surface area (Å²) < 4.78 is 0. The fourth-order valence-corrected chi connectivity index (χ4v) is 3.57. The molecule has 3 amide bonds. The monoisotopic (exact) mass is 332 g/mol. The minimum atomic E-state index is -0.287. The van der Waals surface area contributed by atoms with E-state index < -0.39 is 0 Å². The minimum Gasteiger partial charge on any atom is -0.334 e. The van der Waals surface area contributed by atoms with E-state index in [-0.39, 0.29) is 24.0 Å². The fourth-order valence-electron chi connectivity index (χ4n) is 2.84. The highest BCUT2D eigenvalue weighted by Gasteiger charge is 2.34. The van der Waals surface area contributed by atoms with Crippen LogP contribution in [0.5, 0.6) is 0 Å². The largest absolute Gasteiger partial charge is 0.334 e. The standard InChI is InChI=1S/C16H20N4O2S/c1-11(12-5-3-2-4-6-12)20-10-13(9-14(20)21)18-15(22)19-16-17-7-8-23-16/h2-6,11,13H,7-10H2,1H3,(H2,17,18,19,22). The molecular formula is C16H20N4O2S. The molecule has 0 spiro atoms. The van der Waals surface area contributed by atoms with E-state index in [0.29, 0.717) is 18.1 Å². The highest BCUT2D eigenvalue weighted by atomic mass is 32.2. The summed E-state index contributed by atoms with van der Waals surface area (Å²) in [5.74, 6) is 0.971. The fraction of sp³-hybridized carbons (Fsp3) is 0.438. The topological polar surface area (TPSA) is 73.8 Å². The number of aliphatic imine (C=N–C) groups is 1. The zero-order chi connectivity index (χ0) is 16.2. The SMILES string of the molecule is CC(c1ccccc1)N1CC(NC(=O)NC2=NCCS2)CC1=O. The summed E-state index contributed by atoms with van der Waals surface area (Å²) in [6.07, 6.45) is 0.338. The van der Waals surface area contributed by atoms with Crippen molar-refractivity contribution in [1.29, 1.82) is 0 Å². The van der Waals surface area contributed by atoms with Gasteiger partial charge in [-0.05, 0) is 12.5 Å². The molecule has 0 aromatic heterocycles. The van der Waals surface area contributed by atoms with E-state index in [4.69, 9.17) is 0 Å². The van der Waals surface area contributed by atoms with Gasteiger partial charge in [0.05, 0.1) is 18.6 Å². The zero-order valence-electron chi connectivity index (χ0n) is 13.0. The Labute approximate surface area is 139 Å². The molecule has 122 valence electrons. The lowest BCUT2D eigenvalue weighted by Crippen LogP contribution is -2.44. The van der Waals surface area contributed by atoms with Crippen LogP contribution in [-0.4, -0.2) is 46.9 Å². The number of amidine groups is 1. The third-order valence-corrected chi connectivity index (χ3v) is 4.94. The first-order valence-electron chi connectivity index (χ1n) is 7.72. The van der Waals surface area contributed by atoms with Crippen molar-refractivity contribution in [3.05, 3.63) is 35.9 Å². The first-order valence-corrected chi connectivity index (χ1v) is 8.71. The molecule has 2 aliphatic rings. The number of nitrogens with zero attached hydrogens (tertiary/aromatic N) is 2. The summed E-state index contributed by atoms with van der Waals surface area (Å²) in [6, 6.07) is 9.48. The van der Waals surface area contributed by atoms with Gasteiger partial charge in [-0.2, -0.15) is 0 Å². The van der Waals surface area contributed by atoms with E-state index in [2.05, 4.69) is 15.6 Å². The minimum absolute atomic E-state index is 0.00771. The summed E-state index contributed by atoms with van der Waals surface area (Å²) in [4.78, 5) is 30.2. The van der Waals surface area contributed by atoms with Crippen molar-refractivity contribution in [3.8, 4) is 0 Å². The van der Waals surface area contributed by atoms with Gasteiger partial charge >= 0.3 is 6.03 Å². The van der Waals surface area contributed by atoms with Crippen molar-refractivity contribution in [3.63, 3.8) is 0 Å². The Bertz CT molecular complexity index is 620. The number of hydrogen-bond acceptors (Lipinski definition) is 4. The Balaban J connectivity index is 1.55. The van der Waals surface area contributed by atoms with Gasteiger partial charge in [-0.25, -0.2) is 4.79 Å². The van der Waals surface area contributed by atoms with Crippen LogP contribution < -0.4 is 10.6 Å². The second-order valence-electron chi connectivity index (χ2n) is 5.67. The Morgan fingerprint density at radius 1 is 1.39 bits per heavy atom. The van der Waals surface area contributed by atoms with Gasteiger partial charge in [-0.1, -0.05) is 42.1 Å². The van der Waals surface area contributed by atoms with Gasteiger partial charge in [0.2, 0.25) is 5.91 Å². The van der Waals surface area contributed by atoms with Crippen LogP contribution in [0.15, 0.2) is 35.3 Å². The smallest absolute Gasteiger partial charge is 0.321 e. The molecule has 1 aromatic rings. The Kier molecular flexibility index (Phi) is 4.85. The third kappa shape index (κ3) is 3.85. The van der Waals surface area contributed by atoms with Gasteiger partial charge in [-0.15, -0.1) is 0 Å². The maximum atomic E-state index is 12.3. The number of hydrogen-bond donors (Lipinski definition) is 2. The van der Waals surface area contributed by atoms with Crippen molar-refractivity contribution >= 4 is 28.9 Å². The second kappa shape index (κ2) is 7.04. The number of amides is 3. The number of likely N-dealkylation sites (tertiary alicyclic amines) is 1. The molecule has 0 bridgehead atoms. The first kappa shape index (κ1) is 15.9. The van der Waals surface area contributed by atoms with Crippen LogP contribution in [0.25, 0.3) is 0 Å². The van der Waals surface area contributed by atoms with Crippen molar-refractivity contribution in [2.45, 2.75) is 25.4 Å². The van der Waals surface area contributed by atoms with Crippen LogP contribution in [0.3, 0.4) is 0 Å². The third-order valence-electron chi connectivity index (χ3n) is 4.05. The van der Waals surface area contributed by atoms with E-state index >= 15 is 0 Å². The number of rotatable bonds is 3. The first-order chi connectivity index (χ1) is 11.1. The van der Waals surface area contributed by atoms with Crippen LogP contribution >= 0.6 is 11.8 Å². The maximum absolute atomic E-state index is 12.3. The molecule has 23 heavy (non-hydrogen) atoms. The van der Waals surface area contributed by atoms with Crippen LogP contribution in [0, 0.1) is 0 Å². The van der Waals surface area contributed by atoms with Gasteiger partial charge in [0, 0.05) is 18.7 Å². The van der Waals surface area contributed by atoms with E-state index in [0.717, 1.165) is 17.9 Å². The van der Waals surface area contributed by atoms with E-state index in [1.54, 1.807) is 0 Å². The molecule has 0 radical (unpaired) electrons. The molecule has 7 heteroatoms. The van der Waals surface area contributed by atoms with Crippen LogP contribution in [-0.2, 0) is 4.79 Å². The van der Waals surface area contributed by atoms with Gasteiger partial charge in [0.15, 0.2) is 5.17 Å². The number of carbonyl (C=O) groups excluding carboxylic acids is 2. The highest BCUT2D eigenvalue weighted by Crippen LogP contribution is 2.25. The Morgan fingerprint density at radius 2 is 2.17 bits per heavy atom. The lowest BCUT2D eigenvalue weighted by molar-refractivity contribution is -0.129. The number of urea groups is 1. The molecule has 0 saturated carbocycles. The van der Waals surface area contributed by atoms with E-state index in [1.165, 1.54) is 11.8 Å². The number of thioether (sulfide) groups is 1. The second-order valence-corrected chi connectivity index (χ2v) is 6.75. The van der Waals surface area contributed by atoms with Crippen LogP contribution in [0.1, 0.15) is 24.9 Å². The lowest BCUT2D eigenvalue weighted by Gasteiger charge is -2.25. The molecule has 3 rings (SSSR count). The summed E-state index contributed by atoms with van der Waals surface area (Å²) in [6.45, 7) is 3.28.